The van der Waals surface area contributed by atoms with E-state index in [2.05, 4.69) is 25.8 Å². The molecule has 7 heteroatoms. The van der Waals surface area contributed by atoms with Crippen molar-refractivity contribution in [1.29, 1.82) is 0 Å². The number of sulfonamides is 1. The van der Waals surface area contributed by atoms with Gasteiger partial charge in [-0.25, -0.2) is 8.42 Å². The van der Waals surface area contributed by atoms with E-state index in [-0.39, 0.29) is 23.5 Å². The number of unbranched alkanes of at least 4 members (excludes halogenated alkanes) is 1. The quantitative estimate of drug-likeness (QED) is 0.636. The van der Waals surface area contributed by atoms with Gasteiger partial charge in [0.05, 0.1) is 17.1 Å². The molecule has 0 bridgehead atoms. The summed E-state index contributed by atoms with van der Waals surface area (Å²) in [7, 11) is -3.59. The van der Waals surface area contributed by atoms with Gasteiger partial charge in [0, 0.05) is 19.3 Å². The van der Waals surface area contributed by atoms with E-state index >= 15 is 0 Å². The van der Waals surface area contributed by atoms with Crippen LogP contribution >= 0.6 is 0 Å². The molecule has 0 aliphatic carbocycles. The number of nitrogens with two attached hydrogens (primary N) is 1. The van der Waals surface area contributed by atoms with Crippen molar-refractivity contribution in [3.63, 3.8) is 0 Å². The van der Waals surface area contributed by atoms with Crippen LogP contribution in [-0.2, 0) is 15.4 Å². The lowest BCUT2D eigenvalue weighted by Gasteiger charge is -2.25. The van der Waals surface area contributed by atoms with Gasteiger partial charge in [0.2, 0.25) is 10.0 Å². The lowest BCUT2D eigenvalue weighted by molar-refractivity contribution is 0.260. The molecule has 1 atom stereocenters. The van der Waals surface area contributed by atoms with E-state index in [1.165, 1.54) is 4.31 Å². The van der Waals surface area contributed by atoms with Crippen LogP contribution in [0.3, 0.4) is 0 Å². The molecule has 1 aromatic carbocycles. The third-order valence-electron chi connectivity index (χ3n) is 4.62. The summed E-state index contributed by atoms with van der Waals surface area (Å²) in [6.07, 6.45) is 5.15. The Hall–Kier alpha value is -1.96. The van der Waals surface area contributed by atoms with E-state index in [0.29, 0.717) is 12.3 Å². The van der Waals surface area contributed by atoms with Gasteiger partial charge in [0.25, 0.3) is 0 Å². The maximum absolute atomic E-state index is 13.0. The molecule has 0 radical (unpaired) electrons. The molecule has 0 spiro atoms. The molecule has 0 fully saturated rings. The van der Waals surface area contributed by atoms with Gasteiger partial charge in [-0.15, -0.1) is 0 Å². The summed E-state index contributed by atoms with van der Waals surface area (Å²) in [5, 5.41) is 0. The third-order valence-corrected chi connectivity index (χ3v) is 6.50. The largest absolute Gasteiger partial charge is 0.490 e. The maximum Gasteiger partial charge on any atom is 0.243 e. The predicted octanol–water partition coefficient (Wildman–Crippen LogP) is 3.58. The van der Waals surface area contributed by atoms with Crippen LogP contribution in [-0.4, -0.2) is 43.4 Å². The van der Waals surface area contributed by atoms with Gasteiger partial charge in [0.15, 0.2) is 0 Å². The highest BCUT2D eigenvalue weighted by Crippen LogP contribution is 2.24. The number of benzene rings is 1. The summed E-state index contributed by atoms with van der Waals surface area (Å²) < 4.78 is 33.3. The van der Waals surface area contributed by atoms with Crippen LogP contribution in [0.1, 0.15) is 46.1 Å². The topological polar surface area (TPSA) is 85.5 Å². The monoisotopic (exact) mass is 419 g/mol. The second-order valence-electron chi connectivity index (χ2n) is 8.26. The van der Waals surface area contributed by atoms with Gasteiger partial charge in [-0.05, 0) is 35.6 Å². The minimum atomic E-state index is -3.59. The fourth-order valence-corrected chi connectivity index (χ4v) is 4.37. The normalized spacial score (nSPS) is 13.4. The lowest BCUT2D eigenvalue weighted by Crippen LogP contribution is -2.44. The molecule has 2 aromatic rings. The molecule has 0 saturated heterocycles. The Morgan fingerprint density at radius 1 is 1.17 bits per heavy atom. The molecule has 0 amide bonds. The van der Waals surface area contributed by atoms with Crippen molar-refractivity contribution in [3.05, 3.63) is 54.4 Å². The average Bonchev–Trinajstić information content (AvgIpc) is 2.69. The molecule has 1 heterocycles. The summed E-state index contributed by atoms with van der Waals surface area (Å²) in [5.74, 6) is 0.638. The van der Waals surface area contributed by atoms with Gasteiger partial charge >= 0.3 is 0 Å². The van der Waals surface area contributed by atoms with Crippen LogP contribution in [0, 0.1) is 0 Å². The van der Waals surface area contributed by atoms with Crippen molar-refractivity contribution < 1.29 is 13.2 Å². The molecule has 0 aliphatic heterocycles. The summed E-state index contributed by atoms with van der Waals surface area (Å²) in [4.78, 5) is 4.52. The first-order chi connectivity index (χ1) is 13.6. The van der Waals surface area contributed by atoms with Crippen molar-refractivity contribution in [3.8, 4) is 5.75 Å². The molecule has 2 rings (SSSR count). The molecule has 160 valence electrons. The fraction of sp³-hybridized carbons (Fsp3) is 0.500. The Bertz CT molecular complexity index is 864. The third kappa shape index (κ3) is 6.80. The van der Waals surface area contributed by atoms with Crippen LogP contribution in [0.15, 0.2) is 53.7 Å². The highest BCUT2D eigenvalue weighted by molar-refractivity contribution is 7.89. The van der Waals surface area contributed by atoms with Crippen LogP contribution < -0.4 is 10.5 Å². The first-order valence-corrected chi connectivity index (χ1v) is 11.5. The highest BCUT2D eigenvalue weighted by atomic mass is 32.2. The number of nitrogens with zero attached hydrogens (tertiary/aromatic N) is 2. The van der Waals surface area contributed by atoms with Gasteiger partial charge in [-0.2, -0.15) is 4.31 Å². The molecule has 6 nitrogen and oxygen atoms in total. The van der Waals surface area contributed by atoms with Crippen LogP contribution in [0.4, 0.5) is 0 Å². The summed E-state index contributed by atoms with van der Waals surface area (Å²) >= 11 is 0. The van der Waals surface area contributed by atoms with Crippen molar-refractivity contribution in [1.82, 2.24) is 9.29 Å². The van der Waals surface area contributed by atoms with E-state index in [1.807, 2.05) is 19.2 Å². The number of ether oxygens (including phenoxy) is 1. The second kappa shape index (κ2) is 10.2. The number of hydrogen-bond acceptors (Lipinski definition) is 5. The standard InChI is InChI=1S/C22H33N3O3S/c1-5-6-12-25(29(26,27)21-10-8-7-9-11-21)16-19(23)17-28-20-13-18(14-24-15-20)22(2,3)4/h7-11,13-15,19H,5-6,12,16-17,23H2,1-4H3/t19-/m0/s1. The Morgan fingerprint density at radius 3 is 2.48 bits per heavy atom. The molecular formula is C22H33N3O3S. The van der Waals surface area contributed by atoms with E-state index in [0.717, 1.165) is 18.4 Å². The first-order valence-electron chi connectivity index (χ1n) is 10.0. The van der Waals surface area contributed by atoms with E-state index in [1.54, 1.807) is 36.5 Å². The molecule has 2 N–H and O–H groups in total. The number of rotatable bonds is 10. The smallest absolute Gasteiger partial charge is 0.243 e. The van der Waals surface area contributed by atoms with Gasteiger partial charge in [0.1, 0.15) is 12.4 Å². The minimum absolute atomic E-state index is 0.0325. The Kier molecular flexibility index (Phi) is 8.19. The number of hydrogen-bond donors (Lipinski definition) is 1. The average molecular weight is 420 g/mol. The molecule has 0 aliphatic rings. The van der Waals surface area contributed by atoms with Crippen LogP contribution in [0.25, 0.3) is 0 Å². The summed E-state index contributed by atoms with van der Waals surface area (Å²) in [6, 6.07) is 9.97. The Balaban J connectivity index is 2.06. The van der Waals surface area contributed by atoms with E-state index in [9.17, 15) is 8.42 Å². The fourth-order valence-electron chi connectivity index (χ4n) is 2.81. The zero-order valence-corrected chi connectivity index (χ0v) is 18.7. The zero-order valence-electron chi connectivity index (χ0n) is 17.8. The first kappa shape index (κ1) is 23.3. The van der Waals surface area contributed by atoms with Crippen LogP contribution in [0.2, 0.25) is 0 Å². The van der Waals surface area contributed by atoms with Gasteiger partial charge in [-0.1, -0.05) is 52.3 Å². The number of aromatic nitrogens is 1. The Labute approximate surface area is 175 Å². The lowest BCUT2D eigenvalue weighted by atomic mass is 9.88. The van der Waals surface area contributed by atoms with Crippen molar-refractivity contribution in [2.24, 2.45) is 5.73 Å². The highest BCUT2D eigenvalue weighted by Gasteiger charge is 2.26. The Morgan fingerprint density at radius 2 is 1.86 bits per heavy atom. The molecule has 0 saturated carbocycles. The molecule has 1 aromatic heterocycles. The molecular weight excluding hydrogens is 386 g/mol. The SMILES string of the molecule is CCCCN(C[C@H](N)COc1cncc(C(C)(C)C)c1)S(=O)(=O)c1ccccc1. The number of pyridine rings is 1. The van der Waals surface area contributed by atoms with Crippen LogP contribution in [0.5, 0.6) is 5.75 Å². The predicted molar refractivity (Wildman–Crippen MR) is 117 cm³/mol. The maximum atomic E-state index is 13.0. The summed E-state index contributed by atoms with van der Waals surface area (Å²) in [6.45, 7) is 9.21. The molecule has 0 unspecified atom stereocenters. The van der Waals surface area contributed by atoms with Gasteiger partial charge < -0.3 is 10.5 Å². The summed E-state index contributed by atoms with van der Waals surface area (Å²) in [5.41, 5.74) is 7.28. The van der Waals surface area contributed by atoms with E-state index < -0.39 is 16.1 Å². The zero-order chi connectivity index (χ0) is 21.5. The molecule has 29 heavy (non-hydrogen) atoms. The van der Waals surface area contributed by atoms with Crippen molar-refractivity contribution in [2.45, 2.75) is 56.9 Å². The second-order valence-corrected chi connectivity index (χ2v) is 10.2. The minimum Gasteiger partial charge on any atom is -0.490 e. The van der Waals surface area contributed by atoms with E-state index in [4.69, 9.17) is 10.5 Å². The van der Waals surface area contributed by atoms with Gasteiger partial charge in [-0.3, -0.25) is 4.98 Å². The van der Waals surface area contributed by atoms with Crippen molar-refractivity contribution >= 4 is 10.0 Å². The van der Waals surface area contributed by atoms with Crippen molar-refractivity contribution in [2.75, 3.05) is 19.7 Å².